The lowest BCUT2D eigenvalue weighted by Gasteiger charge is -2.23. The predicted octanol–water partition coefficient (Wildman–Crippen LogP) is 3.51. The zero-order chi connectivity index (χ0) is 14.7. The molecule has 1 N–H and O–H groups in total. The van der Waals surface area contributed by atoms with Gasteiger partial charge in [-0.25, -0.2) is 9.97 Å². The quantitative estimate of drug-likeness (QED) is 0.935. The Balaban J connectivity index is 1.88. The standard InChI is InChI=1S/C15H15Cl2N3O/c16-11-6-12(17)8-13(7-11)21-14(10-2-5-18-9-10)15-19-3-1-4-20-15/h1,3-4,6-8,10,14,18H,2,5,9H2/t10-,14+/m0/s1. The summed E-state index contributed by atoms with van der Waals surface area (Å²) in [6, 6.07) is 6.99. The summed E-state index contributed by atoms with van der Waals surface area (Å²) in [7, 11) is 0. The second kappa shape index (κ2) is 6.60. The first kappa shape index (κ1) is 14.6. The molecule has 1 aliphatic heterocycles. The minimum absolute atomic E-state index is 0.212. The van der Waals surface area contributed by atoms with Crippen molar-refractivity contribution < 1.29 is 4.74 Å². The van der Waals surface area contributed by atoms with Crippen molar-refractivity contribution in [3.05, 3.63) is 52.5 Å². The lowest BCUT2D eigenvalue weighted by atomic mass is 10.0. The molecular formula is C15H15Cl2N3O. The molecule has 4 nitrogen and oxygen atoms in total. The van der Waals surface area contributed by atoms with Crippen molar-refractivity contribution >= 4 is 23.2 Å². The van der Waals surface area contributed by atoms with Crippen LogP contribution in [0.1, 0.15) is 18.3 Å². The zero-order valence-electron chi connectivity index (χ0n) is 11.3. The van der Waals surface area contributed by atoms with Gasteiger partial charge < -0.3 is 10.1 Å². The highest BCUT2D eigenvalue weighted by atomic mass is 35.5. The van der Waals surface area contributed by atoms with E-state index in [1.807, 2.05) is 0 Å². The molecule has 110 valence electrons. The molecule has 0 aliphatic carbocycles. The summed E-state index contributed by atoms with van der Waals surface area (Å²) >= 11 is 12.1. The van der Waals surface area contributed by atoms with E-state index in [0.29, 0.717) is 27.5 Å². The Hall–Kier alpha value is -1.36. The maximum atomic E-state index is 6.11. The van der Waals surface area contributed by atoms with Crippen LogP contribution in [0.25, 0.3) is 0 Å². The summed E-state index contributed by atoms with van der Waals surface area (Å²) < 4.78 is 6.11. The minimum Gasteiger partial charge on any atom is -0.482 e. The first-order chi connectivity index (χ1) is 10.2. The lowest BCUT2D eigenvalue weighted by molar-refractivity contribution is 0.135. The molecule has 1 fully saturated rings. The highest BCUT2D eigenvalue weighted by Gasteiger charge is 2.30. The van der Waals surface area contributed by atoms with E-state index in [2.05, 4.69) is 15.3 Å². The van der Waals surface area contributed by atoms with Crippen LogP contribution in [0.15, 0.2) is 36.7 Å². The molecule has 0 spiro atoms. The number of hydrogen-bond acceptors (Lipinski definition) is 4. The zero-order valence-corrected chi connectivity index (χ0v) is 12.8. The van der Waals surface area contributed by atoms with E-state index < -0.39 is 0 Å². The monoisotopic (exact) mass is 323 g/mol. The number of nitrogens with zero attached hydrogens (tertiary/aromatic N) is 2. The number of benzene rings is 1. The van der Waals surface area contributed by atoms with Crippen molar-refractivity contribution in [2.75, 3.05) is 13.1 Å². The Morgan fingerprint density at radius 1 is 1.14 bits per heavy atom. The third kappa shape index (κ3) is 3.64. The van der Waals surface area contributed by atoms with Gasteiger partial charge in [0, 0.05) is 34.9 Å². The van der Waals surface area contributed by atoms with Gasteiger partial charge >= 0.3 is 0 Å². The fraction of sp³-hybridized carbons (Fsp3) is 0.333. The van der Waals surface area contributed by atoms with Crippen molar-refractivity contribution in [3.63, 3.8) is 0 Å². The van der Waals surface area contributed by atoms with Crippen molar-refractivity contribution in [3.8, 4) is 5.75 Å². The Kier molecular flexibility index (Phi) is 4.58. The maximum absolute atomic E-state index is 6.11. The molecular weight excluding hydrogens is 309 g/mol. The van der Waals surface area contributed by atoms with Gasteiger partial charge in [-0.3, -0.25) is 0 Å². The van der Waals surface area contributed by atoms with Gasteiger partial charge in [0.25, 0.3) is 0 Å². The van der Waals surface area contributed by atoms with Crippen LogP contribution in [0.3, 0.4) is 0 Å². The molecule has 6 heteroatoms. The van der Waals surface area contributed by atoms with Gasteiger partial charge in [-0.2, -0.15) is 0 Å². The first-order valence-corrected chi connectivity index (χ1v) is 7.58. The largest absolute Gasteiger partial charge is 0.482 e. The summed E-state index contributed by atoms with van der Waals surface area (Å²) in [5, 5.41) is 4.44. The van der Waals surface area contributed by atoms with Crippen LogP contribution in [0.2, 0.25) is 10.0 Å². The number of hydrogen-bond donors (Lipinski definition) is 1. The number of halogens is 2. The van der Waals surface area contributed by atoms with Gasteiger partial charge in [-0.1, -0.05) is 23.2 Å². The summed E-state index contributed by atoms with van der Waals surface area (Å²) in [5.74, 6) is 1.64. The van der Waals surface area contributed by atoms with Crippen molar-refractivity contribution in [2.45, 2.75) is 12.5 Å². The third-order valence-electron chi connectivity index (χ3n) is 3.47. The first-order valence-electron chi connectivity index (χ1n) is 6.83. The van der Waals surface area contributed by atoms with Crippen LogP contribution >= 0.6 is 23.2 Å². The second-order valence-electron chi connectivity index (χ2n) is 5.00. The van der Waals surface area contributed by atoms with Crippen molar-refractivity contribution in [2.24, 2.45) is 5.92 Å². The van der Waals surface area contributed by atoms with Crippen LogP contribution in [-0.2, 0) is 0 Å². The van der Waals surface area contributed by atoms with Gasteiger partial charge in [0.15, 0.2) is 11.9 Å². The number of ether oxygens (including phenoxy) is 1. The molecule has 0 saturated carbocycles. The molecule has 0 amide bonds. The predicted molar refractivity (Wildman–Crippen MR) is 82.8 cm³/mol. The Labute approximate surface area is 133 Å². The second-order valence-corrected chi connectivity index (χ2v) is 5.88. The van der Waals surface area contributed by atoms with Gasteiger partial charge in [0.2, 0.25) is 0 Å². The molecule has 2 heterocycles. The Bertz CT molecular complexity index is 583. The van der Waals surface area contributed by atoms with Crippen molar-refractivity contribution in [1.82, 2.24) is 15.3 Å². The van der Waals surface area contributed by atoms with Gasteiger partial charge in [0.1, 0.15) is 5.75 Å². The maximum Gasteiger partial charge on any atom is 0.169 e. The van der Waals surface area contributed by atoms with Gasteiger partial charge in [-0.05, 0) is 37.2 Å². The molecule has 1 saturated heterocycles. The molecule has 0 bridgehead atoms. The molecule has 2 aromatic rings. The van der Waals surface area contributed by atoms with Crippen LogP contribution in [-0.4, -0.2) is 23.1 Å². The average molecular weight is 324 g/mol. The fourth-order valence-corrected chi connectivity index (χ4v) is 3.00. The lowest BCUT2D eigenvalue weighted by Crippen LogP contribution is -2.23. The molecule has 0 unspecified atom stereocenters. The van der Waals surface area contributed by atoms with E-state index in [1.54, 1.807) is 36.7 Å². The van der Waals surface area contributed by atoms with Crippen LogP contribution in [0.4, 0.5) is 0 Å². The van der Waals surface area contributed by atoms with E-state index >= 15 is 0 Å². The average Bonchev–Trinajstić information content (AvgIpc) is 2.98. The van der Waals surface area contributed by atoms with Crippen LogP contribution in [0, 0.1) is 5.92 Å². The summed E-state index contributed by atoms with van der Waals surface area (Å²) in [6.07, 6.45) is 4.27. The van der Waals surface area contributed by atoms with Crippen LogP contribution < -0.4 is 10.1 Å². The minimum atomic E-state index is -0.212. The summed E-state index contributed by atoms with van der Waals surface area (Å²) in [6.45, 7) is 1.87. The molecule has 21 heavy (non-hydrogen) atoms. The van der Waals surface area contributed by atoms with E-state index in [9.17, 15) is 0 Å². The van der Waals surface area contributed by atoms with Crippen molar-refractivity contribution in [1.29, 1.82) is 0 Å². The number of nitrogens with one attached hydrogen (secondary N) is 1. The highest BCUT2D eigenvalue weighted by molar-refractivity contribution is 6.34. The smallest absolute Gasteiger partial charge is 0.169 e. The number of aromatic nitrogens is 2. The SMILES string of the molecule is Clc1cc(Cl)cc(O[C@@H](c2ncccn2)[C@H]2CCNC2)c1. The highest BCUT2D eigenvalue weighted by Crippen LogP contribution is 2.32. The van der Waals surface area contributed by atoms with E-state index in [0.717, 1.165) is 19.5 Å². The van der Waals surface area contributed by atoms with Gasteiger partial charge in [-0.15, -0.1) is 0 Å². The third-order valence-corrected chi connectivity index (χ3v) is 3.90. The number of rotatable bonds is 4. The molecule has 0 radical (unpaired) electrons. The Morgan fingerprint density at radius 2 is 1.86 bits per heavy atom. The fourth-order valence-electron chi connectivity index (χ4n) is 2.50. The molecule has 1 aromatic heterocycles. The summed E-state index contributed by atoms with van der Waals surface area (Å²) in [5.41, 5.74) is 0. The normalized spacial score (nSPS) is 19.4. The summed E-state index contributed by atoms with van der Waals surface area (Å²) in [4.78, 5) is 8.67. The molecule has 1 aromatic carbocycles. The van der Waals surface area contributed by atoms with E-state index in [-0.39, 0.29) is 6.10 Å². The molecule has 1 aliphatic rings. The molecule has 3 rings (SSSR count). The van der Waals surface area contributed by atoms with E-state index in [4.69, 9.17) is 27.9 Å². The topological polar surface area (TPSA) is 47.0 Å². The van der Waals surface area contributed by atoms with E-state index in [1.165, 1.54) is 0 Å². The Morgan fingerprint density at radius 3 is 2.48 bits per heavy atom. The van der Waals surface area contributed by atoms with Crippen LogP contribution in [0.5, 0.6) is 5.75 Å². The molecule has 2 atom stereocenters. The van der Waals surface area contributed by atoms with Gasteiger partial charge in [0.05, 0.1) is 0 Å².